The van der Waals surface area contributed by atoms with Gasteiger partial charge in [-0.25, -0.2) is 4.39 Å². The Balaban J connectivity index is 1.22. The molecule has 0 saturated heterocycles. The maximum Gasteiger partial charge on any atom is 0.314 e. The van der Waals surface area contributed by atoms with Crippen molar-refractivity contribution in [1.82, 2.24) is 0 Å². The average Bonchev–Trinajstić information content (AvgIpc) is 2.87. The Kier molecular flexibility index (Phi) is 9.03. The Morgan fingerprint density at radius 1 is 0.882 bits per heavy atom. The molecular formula is C31H43FO2. The molecule has 0 amide bonds. The largest absolute Gasteiger partial charge is 0.423 e. The maximum absolute atomic E-state index is 14.4. The molecule has 0 aliphatic heterocycles. The number of carbonyl (C=O) groups excluding carboxylic acids is 1. The minimum Gasteiger partial charge on any atom is -0.423 e. The number of hydrogen-bond acceptors (Lipinski definition) is 2. The zero-order valence-corrected chi connectivity index (χ0v) is 20.9. The number of benzene rings is 1. The fraction of sp³-hybridized carbons (Fsp3) is 0.645. The lowest BCUT2D eigenvalue weighted by Crippen LogP contribution is -2.35. The molecule has 3 aliphatic carbocycles. The number of esters is 1. The van der Waals surface area contributed by atoms with Crippen LogP contribution in [0.25, 0.3) is 0 Å². The van der Waals surface area contributed by atoms with Crippen molar-refractivity contribution in [3.05, 3.63) is 54.9 Å². The van der Waals surface area contributed by atoms with Gasteiger partial charge >= 0.3 is 5.97 Å². The molecule has 1 aromatic carbocycles. The lowest BCUT2D eigenvalue weighted by molar-refractivity contribution is -0.140. The van der Waals surface area contributed by atoms with E-state index >= 15 is 0 Å². The molecule has 4 unspecified atom stereocenters. The summed E-state index contributed by atoms with van der Waals surface area (Å²) in [6.07, 6.45) is 20.4. The second-order valence-corrected chi connectivity index (χ2v) is 11.3. The number of carbonyl (C=O) groups is 1. The Morgan fingerprint density at radius 2 is 1.53 bits per heavy atom. The van der Waals surface area contributed by atoms with Gasteiger partial charge < -0.3 is 4.74 Å². The van der Waals surface area contributed by atoms with Gasteiger partial charge in [0.15, 0.2) is 11.6 Å². The van der Waals surface area contributed by atoms with Gasteiger partial charge in [-0.2, -0.15) is 0 Å². The van der Waals surface area contributed by atoms with Crippen LogP contribution in [0.1, 0.15) is 89.0 Å². The second kappa shape index (κ2) is 12.2. The lowest BCUT2D eigenvalue weighted by atomic mass is 9.60. The van der Waals surface area contributed by atoms with E-state index in [0.29, 0.717) is 0 Å². The fourth-order valence-corrected chi connectivity index (χ4v) is 7.14. The Bertz CT molecular complexity index is 838. The zero-order valence-electron chi connectivity index (χ0n) is 20.9. The average molecular weight is 467 g/mol. The number of hydrogen-bond donors (Lipinski definition) is 0. The van der Waals surface area contributed by atoms with Gasteiger partial charge in [-0.15, -0.1) is 13.2 Å². The monoisotopic (exact) mass is 466 g/mol. The summed E-state index contributed by atoms with van der Waals surface area (Å²) in [4.78, 5) is 12.7. The third kappa shape index (κ3) is 6.40. The third-order valence-corrected chi connectivity index (χ3v) is 9.16. The Morgan fingerprint density at radius 3 is 2.24 bits per heavy atom. The predicted molar refractivity (Wildman–Crippen MR) is 137 cm³/mol. The summed E-state index contributed by atoms with van der Waals surface area (Å²) in [5, 5.41) is 0. The quantitative estimate of drug-likeness (QED) is 0.207. The van der Waals surface area contributed by atoms with Gasteiger partial charge in [0, 0.05) is 0 Å². The van der Waals surface area contributed by atoms with Gasteiger partial charge in [-0.1, -0.05) is 24.6 Å². The maximum atomic E-state index is 14.4. The summed E-state index contributed by atoms with van der Waals surface area (Å²) in [5.74, 6) is 3.67. The van der Waals surface area contributed by atoms with Crippen LogP contribution in [0, 0.1) is 41.3 Å². The number of halogens is 1. The summed E-state index contributed by atoms with van der Waals surface area (Å²) in [6, 6.07) is 4.92. The van der Waals surface area contributed by atoms with Crippen LogP contribution in [0.3, 0.4) is 0 Å². The molecule has 0 heterocycles. The minimum atomic E-state index is -0.445. The molecule has 186 valence electrons. The van der Waals surface area contributed by atoms with Crippen LogP contribution in [0.5, 0.6) is 5.75 Å². The van der Waals surface area contributed by atoms with Gasteiger partial charge in [-0.05, 0) is 131 Å². The SMILES string of the molecule is C=CCCc1ccc(OC(=O)C2CCC(C3CCC4CC(CCC=C)CCC4C3)CC2)c(F)c1. The Labute approximate surface area is 206 Å². The smallest absolute Gasteiger partial charge is 0.314 e. The van der Waals surface area contributed by atoms with Gasteiger partial charge in [0.2, 0.25) is 0 Å². The summed E-state index contributed by atoms with van der Waals surface area (Å²) in [5.41, 5.74) is 0.901. The standard InChI is InChI=1S/C31H43FO2/c1-3-5-7-22-9-11-28-21-27(17-16-26(28)19-22)24-12-14-25(15-13-24)31(33)34-30-18-10-23(8-6-4-2)20-29(30)32/h3-4,10,18,20,22,24-28H,1-2,5-9,11-17,19,21H2. The fourth-order valence-electron chi connectivity index (χ4n) is 7.14. The van der Waals surface area contributed by atoms with Crippen molar-refractivity contribution in [1.29, 1.82) is 0 Å². The van der Waals surface area contributed by atoms with E-state index in [1.165, 1.54) is 57.4 Å². The van der Waals surface area contributed by atoms with Crippen LogP contribution in [-0.4, -0.2) is 5.97 Å². The molecule has 1 aromatic rings. The number of rotatable bonds is 9. The van der Waals surface area contributed by atoms with Crippen molar-refractivity contribution in [2.45, 2.75) is 89.9 Å². The van der Waals surface area contributed by atoms with E-state index in [-0.39, 0.29) is 17.6 Å². The van der Waals surface area contributed by atoms with Gasteiger partial charge in [0.1, 0.15) is 0 Å². The number of ether oxygens (including phenoxy) is 1. The molecular weight excluding hydrogens is 423 g/mol. The van der Waals surface area contributed by atoms with E-state index in [1.54, 1.807) is 6.07 Å². The van der Waals surface area contributed by atoms with Crippen molar-refractivity contribution in [2.24, 2.45) is 35.5 Å². The molecule has 34 heavy (non-hydrogen) atoms. The summed E-state index contributed by atoms with van der Waals surface area (Å²) >= 11 is 0. The van der Waals surface area contributed by atoms with Crippen LogP contribution < -0.4 is 4.74 Å². The number of allylic oxidation sites excluding steroid dienone is 2. The Hall–Kier alpha value is -1.90. The van der Waals surface area contributed by atoms with Crippen molar-refractivity contribution >= 4 is 5.97 Å². The van der Waals surface area contributed by atoms with E-state index in [0.717, 1.165) is 73.7 Å². The second-order valence-electron chi connectivity index (χ2n) is 11.3. The third-order valence-electron chi connectivity index (χ3n) is 9.16. The minimum absolute atomic E-state index is 0.0662. The van der Waals surface area contributed by atoms with E-state index in [1.807, 2.05) is 12.1 Å². The molecule has 2 nitrogen and oxygen atoms in total. The molecule has 0 spiro atoms. The van der Waals surface area contributed by atoms with Gasteiger partial charge in [0.05, 0.1) is 5.92 Å². The van der Waals surface area contributed by atoms with Gasteiger partial charge in [-0.3, -0.25) is 4.79 Å². The summed E-state index contributed by atoms with van der Waals surface area (Å²) in [7, 11) is 0. The van der Waals surface area contributed by atoms with E-state index < -0.39 is 5.82 Å². The van der Waals surface area contributed by atoms with Crippen molar-refractivity contribution < 1.29 is 13.9 Å². The summed E-state index contributed by atoms with van der Waals surface area (Å²) in [6.45, 7) is 7.60. The van der Waals surface area contributed by atoms with Gasteiger partial charge in [0.25, 0.3) is 0 Å². The van der Waals surface area contributed by atoms with E-state index in [9.17, 15) is 9.18 Å². The molecule has 4 rings (SSSR count). The predicted octanol–water partition coefficient (Wildman–Crippen LogP) is 8.45. The van der Waals surface area contributed by atoms with E-state index in [2.05, 4.69) is 19.2 Å². The highest BCUT2D eigenvalue weighted by Gasteiger charge is 2.39. The zero-order chi connectivity index (χ0) is 23.9. The first-order valence-electron chi connectivity index (χ1n) is 13.8. The van der Waals surface area contributed by atoms with E-state index in [4.69, 9.17) is 4.74 Å². The molecule has 3 saturated carbocycles. The first-order chi connectivity index (χ1) is 16.6. The molecule has 4 atom stereocenters. The van der Waals surface area contributed by atoms with Crippen molar-refractivity contribution in [3.63, 3.8) is 0 Å². The molecule has 0 radical (unpaired) electrons. The molecule has 3 heteroatoms. The van der Waals surface area contributed by atoms with Crippen molar-refractivity contribution in [3.8, 4) is 5.75 Å². The molecule has 0 bridgehead atoms. The van der Waals surface area contributed by atoms with Crippen LogP contribution in [0.15, 0.2) is 43.5 Å². The summed E-state index contributed by atoms with van der Waals surface area (Å²) < 4.78 is 19.9. The lowest BCUT2D eigenvalue weighted by Gasteiger charge is -2.45. The normalized spacial score (nSPS) is 31.3. The highest BCUT2D eigenvalue weighted by atomic mass is 19.1. The number of fused-ring (bicyclic) bond motifs is 1. The highest BCUT2D eigenvalue weighted by Crippen LogP contribution is 2.49. The molecule has 0 aromatic heterocycles. The van der Waals surface area contributed by atoms with Crippen LogP contribution in [0.4, 0.5) is 4.39 Å². The van der Waals surface area contributed by atoms with Crippen LogP contribution in [-0.2, 0) is 11.2 Å². The van der Waals surface area contributed by atoms with Crippen molar-refractivity contribution in [2.75, 3.05) is 0 Å². The topological polar surface area (TPSA) is 26.3 Å². The molecule has 0 N–H and O–H groups in total. The molecule has 3 fully saturated rings. The van der Waals surface area contributed by atoms with Crippen LogP contribution >= 0.6 is 0 Å². The number of aryl methyl sites for hydroxylation is 1. The van der Waals surface area contributed by atoms with Crippen LogP contribution in [0.2, 0.25) is 0 Å². The first kappa shape index (κ1) is 25.2. The molecule has 3 aliphatic rings. The first-order valence-corrected chi connectivity index (χ1v) is 13.8. The highest BCUT2D eigenvalue weighted by molar-refractivity contribution is 5.75.